The summed E-state index contributed by atoms with van der Waals surface area (Å²) >= 11 is 0. The second-order valence-electron chi connectivity index (χ2n) is 6.48. The molecule has 0 bridgehead atoms. The van der Waals surface area contributed by atoms with Crippen LogP contribution in [0.4, 0.5) is 5.69 Å². The minimum Gasteiger partial charge on any atom is -0.274 e. The smallest absolute Gasteiger partial charge is 0.263 e. The fourth-order valence-electron chi connectivity index (χ4n) is 3.60. The Morgan fingerprint density at radius 2 is 1.48 bits per heavy atom. The lowest BCUT2D eigenvalue weighted by molar-refractivity contribution is 0.101. The van der Waals surface area contributed by atoms with E-state index in [0.717, 1.165) is 33.4 Å². The maximum Gasteiger partial charge on any atom is 0.263 e. The van der Waals surface area contributed by atoms with Crippen molar-refractivity contribution in [3.05, 3.63) is 108 Å². The molecule has 3 aromatic carbocycles. The number of aromatic nitrogens is 1. The van der Waals surface area contributed by atoms with Crippen LogP contribution in [0.2, 0.25) is 0 Å². The SMILES string of the molecule is O=C1c2ccccc2/C(=C/c2ccccc2)N1c1cccc2cccnc12. The zero-order valence-electron chi connectivity index (χ0n) is 14.5. The molecule has 0 fully saturated rings. The summed E-state index contributed by atoms with van der Waals surface area (Å²) in [6.45, 7) is 0. The Morgan fingerprint density at radius 3 is 2.33 bits per heavy atom. The molecule has 0 atom stereocenters. The number of hydrogen-bond acceptors (Lipinski definition) is 2. The summed E-state index contributed by atoms with van der Waals surface area (Å²) in [7, 11) is 0. The summed E-state index contributed by atoms with van der Waals surface area (Å²) in [5.41, 5.74) is 5.21. The van der Waals surface area contributed by atoms with Crippen LogP contribution < -0.4 is 4.90 Å². The van der Waals surface area contributed by atoms with Gasteiger partial charge in [-0.05, 0) is 29.8 Å². The van der Waals surface area contributed by atoms with Gasteiger partial charge in [0.25, 0.3) is 5.91 Å². The van der Waals surface area contributed by atoms with Gasteiger partial charge in [-0.3, -0.25) is 14.7 Å². The minimum absolute atomic E-state index is 0.0223. The summed E-state index contributed by atoms with van der Waals surface area (Å²) in [4.78, 5) is 19.6. The quantitative estimate of drug-likeness (QED) is 0.486. The summed E-state index contributed by atoms with van der Waals surface area (Å²) in [6, 6.07) is 27.7. The van der Waals surface area contributed by atoms with E-state index in [2.05, 4.69) is 11.1 Å². The van der Waals surface area contributed by atoms with E-state index < -0.39 is 0 Å². The Bertz CT molecular complexity index is 1190. The zero-order valence-corrected chi connectivity index (χ0v) is 14.5. The standard InChI is InChI=1S/C24H16N2O/c27-24-20-13-5-4-12-19(20)22(16-17-8-2-1-3-9-17)26(24)21-14-6-10-18-11-7-15-25-23(18)21/h1-16H/b22-16-. The van der Waals surface area contributed by atoms with Crippen molar-refractivity contribution in [3.8, 4) is 0 Å². The molecule has 0 saturated carbocycles. The van der Waals surface area contributed by atoms with E-state index in [0.29, 0.717) is 5.56 Å². The van der Waals surface area contributed by atoms with Crippen molar-refractivity contribution in [1.29, 1.82) is 0 Å². The number of carbonyl (C=O) groups excluding carboxylic acids is 1. The van der Waals surface area contributed by atoms with Crippen LogP contribution in [0.3, 0.4) is 0 Å². The number of benzene rings is 3. The number of para-hydroxylation sites is 1. The van der Waals surface area contributed by atoms with Gasteiger partial charge in [0.1, 0.15) is 0 Å². The summed E-state index contributed by atoms with van der Waals surface area (Å²) in [6.07, 6.45) is 3.83. The van der Waals surface area contributed by atoms with Crippen molar-refractivity contribution < 1.29 is 4.79 Å². The highest BCUT2D eigenvalue weighted by Gasteiger charge is 2.34. The topological polar surface area (TPSA) is 33.2 Å². The molecular formula is C24H16N2O. The average molecular weight is 348 g/mol. The Kier molecular flexibility index (Phi) is 3.58. The van der Waals surface area contributed by atoms with Gasteiger partial charge in [0.15, 0.2) is 0 Å². The highest BCUT2D eigenvalue weighted by atomic mass is 16.2. The van der Waals surface area contributed by atoms with Gasteiger partial charge in [0.05, 0.1) is 16.9 Å². The lowest BCUT2D eigenvalue weighted by Crippen LogP contribution is -2.22. The van der Waals surface area contributed by atoms with Crippen molar-refractivity contribution in [2.75, 3.05) is 4.90 Å². The first-order valence-electron chi connectivity index (χ1n) is 8.87. The highest BCUT2D eigenvalue weighted by molar-refractivity contribution is 6.26. The zero-order chi connectivity index (χ0) is 18.2. The molecule has 0 saturated heterocycles. The number of rotatable bonds is 2. The monoisotopic (exact) mass is 348 g/mol. The number of carbonyl (C=O) groups is 1. The third kappa shape index (κ3) is 2.52. The van der Waals surface area contributed by atoms with Gasteiger partial charge >= 0.3 is 0 Å². The normalized spacial score (nSPS) is 14.7. The third-order valence-corrected chi connectivity index (χ3v) is 4.83. The lowest BCUT2D eigenvalue weighted by atomic mass is 10.1. The van der Waals surface area contributed by atoms with E-state index in [1.807, 2.05) is 84.9 Å². The fourth-order valence-corrected chi connectivity index (χ4v) is 3.60. The van der Waals surface area contributed by atoms with Crippen LogP contribution in [-0.2, 0) is 0 Å². The molecule has 4 aromatic rings. The van der Waals surface area contributed by atoms with Crippen LogP contribution in [0.25, 0.3) is 22.7 Å². The summed E-state index contributed by atoms with van der Waals surface area (Å²) in [5.74, 6) is -0.0223. The van der Waals surface area contributed by atoms with Crippen LogP contribution >= 0.6 is 0 Å². The number of fused-ring (bicyclic) bond motifs is 2. The maximum atomic E-state index is 13.3. The molecule has 1 amide bonds. The van der Waals surface area contributed by atoms with Gasteiger partial charge in [0.2, 0.25) is 0 Å². The molecule has 0 spiro atoms. The predicted octanol–water partition coefficient (Wildman–Crippen LogP) is 5.39. The Morgan fingerprint density at radius 1 is 0.741 bits per heavy atom. The van der Waals surface area contributed by atoms with E-state index >= 15 is 0 Å². The van der Waals surface area contributed by atoms with Gasteiger partial charge in [-0.15, -0.1) is 0 Å². The van der Waals surface area contributed by atoms with Gasteiger partial charge in [-0.1, -0.05) is 66.7 Å². The van der Waals surface area contributed by atoms with E-state index in [4.69, 9.17) is 0 Å². The van der Waals surface area contributed by atoms with Crippen LogP contribution in [0.15, 0.2) is 91.1 Å². The fraction of sp³-hybridized carbons (Fsp3) is 0. The van der Waals surface area contributed by atoms with Gasteiger partial charge in [0, 0.05) is 22.7 Å². The number of hydrogen-bond donors (Lipinski definition) is 0. The first-order chi connectivity index (χ1) is 13.3. The summed E-state index contributed by atoms with van der Waals surface area (Å²) < 4.78 is 0. The second-order valence-corrected chi connectivity index (χ2v) is 6.48. The van der Waals surface area contributed by atoms with Crippen LogP contribution in [-0.4, -0.2) is 10.9 Å². The second kappa shape index (κ2) is 6.22. The molecule has 5 rings (SSSR count). The Labute approximate surface area is 157 Å². The molecule has 1 aromatic heterocycles. The van der Waals surface area contributed by atoms with Crippen molar-refractivity contribution in [1.82, 2.24) is 4.98 Å². The molecule has 1 aliphatic rings. The first kappa shape index (κ1) is 15.5. The molecule has 3 nitrogen and oxygen atoms in total. The molecule has 0 aliphatic carbocycles. The van der Waals surface area contributed by atoms with Crippen LogP contribution in [0.5, 0.6) is 0 Å². The number of pyridine rings is 1. The van der Waals surface area contributed by atoms with Crippen molar-refractivity contribution in [3.63, 3.8) is 0 Å². The molecule has 27 heavy (non-hydrogen) atoms. The van der Waals surface area contributed by atoms with Crippen LogP contribution in [0, 0.1) is 0 Å². The first-order valence-corrected chi connectivity index (χ1v) is 8.87. The van der Waals surface area contributed by atoms with Gasteiger partial charge in [-0.2, -0.15) is 0 Å². The third-order valence-electron chi connectivity index (χ3n) is 4.83. The Balaban J connectivity index is 1.77. The summed E-state index contributed by atoms with van der Waals surface area (Å²) in [5, 5.41) is 1.01. The number of amides is 1. The van der Waals surface area contributed by atoms with E-state index in [9.17, 15) is 4.79 Å². The largest absolute Gasteiger partial charge is 0.274 e. The van der Waals surface area contributed by atoms with E-state index in [1.165, 1.54) is 0 Å². The maximum absolute atomic E-state index is 13.3. The average Bonchev–Trinajstić information content (AvgIpc) is 3.00. The van der Waals surface area contributed by atoms with Gasteiger partial charge in [-0.25, -0.2) is 0 Å². The van der Waals surface area contributed by atoms with Gasteiger partial charge < -0.3 is 0 Å². The molecule has 3 heteroatoms. The lowest BCUT2D eigenvalue weighted by Gasteiger charge is -2.20. The molecule has 0 unspecified atom stereocenters. The highest BCUT2D eigenvalue weighted by Crippen LogP contribution is 2.40. The van der Waals surface area contributed by atoms with Crippen molar-refractivity contribution >= 4 is 34.3 Å². The van der Waals surface area contributed by atoms with Crippen molar-refractivity contribution in [2.24, 2.45) is 0 Å². The number of anilines is 1. The minimum atomic E-state index is -0.0223. The van der Waals surface area contributed by atoms with Crippen LogP contribution in [0.1, 0.15) is 21.5 Å². The predicted molar refractivity (Wildman–Crippen MR) is 109 cm³/mol. The van der Waals surface area contributed by atoms with E-state index in [1.54, 1.807) is 11.1 Å². The van der Waals surface area contributed by atoms with Crippen molar-refractivity contribution in [2.45, 2.75) is 0 Å². The Hall–Kier alpha value is -3.72. The molecular weight excluding hydrogens is 332 g/mol. The molecule has 0 radical (unpaired) electrons. The number of nitrogens with zero attached hydrogens (tertiary/aromatic N) is 2. The molecule has 1 aliphatic heterocycles. The molecule has 2 heterocycles. The molecule has 0 N–H and O–H groups in total. The van der Waals surface area contributed by atoms with E-state index in [-0.39, 0.29) is 5.91 Å². The molecule has 128 valence electrons.